The van der Waals surface area contributed by atoms with Crippen LogP contribution < -0.4 is 10.6 Å². The average Bonchev–Trinajstić information content (AvgIpc) is 2.49. The third-order valence-electron chi connectivity index (χ3n) is 3.09. The van der Waals surface area contributed by atoms with Crippen molar-refractivity contribution in [1.82, 2.24) is 9.97 Å². The smallest absolute Gasteiger partial charge is 0.258 e. The van der Waals surface area contributed by atoms with E-state index in [0.29, 0.717) is 11.5 Å². The van der Waals surface area contributed by atoms with E-state index in [1.807, 2.05) is 32.0 Å². The van der Waals surface area contributed by atoms with Gasteiger partial charge in [-0.2, -0.15) is 0 Å². The second-order valence-electron chi connectivity index (χ2n) is 4.99. The Bertz CT molecular complexity index is 623. The van der Waals surface area contributed by atoms with E-state index in [9.17, 15) is 4.79 Å². The lowest BCUT2D eigenvalue weighted by atomic mass is 10.1. The summed E-state index contributed by atoms with van der Waals surface area (Å²) >= 11 is 0. The largest absolute Gasteiger partial charge is 0.354 e. The van der Waals surface area contributed by atoms with E-state index in [1.54, 1.807) is 0 Å². The number of aromatic nitrogens is 2. The number of aryl methyl sites for hydroxylation is 2. The van der Waals surface area contributed by atoms with Gasteiger partial charge in [-0.1, -0.05) is 19.1 Å². The van der Waals surface area contributed by atoms with E-state index < -0.39 is 0 Å². The summed E-state index contributed by atoms with van der Waals surface area (Å²) in [6, 6.07) is 5.95. The number of hydrogen-bond acceptors (Lipinski definition) is 4. The van der Waals surface area contributed by atoms with Gasteiger partial charge in [0.2, 0.25) is 5.95 Å². The number of benzene rings is 1. The maximum Gasteiger partial charge on any atom is 0.258 e. The predicted molar refractivity (Wildman–Crippen MR) is 84.7 cm³/mol. The van der Waals surface area contributed by atoms with Crippen molar-refractivity contribution in [3.8, 4) is 0 Å². The molecule has 21 heavy (non-hydrogen) atoms. The zero-order valence-corrected chi connectivity index (χ0v) is 12.6. The zero-order chi connectivity index (χ0) is 15.2. The molecule has 2 aromatic rings. The molecule has 1 aromatic heterocycles. The van der Waals surface area contributed by atoms with Crippen molar-refractivity contribution < 1.29 is 4.79 Å². The lowest BCUT2D eigenvalue weighted by Gasteiger charge is -2.09. The van der Waals surface area contributed by atoms with Crippen LogP contribution in [0.1, 0.15) is 34.8 Å². The van der Waals surface area contributed by atoms with Crippen molar-refractivity contribution in [3.05, 3.63) is 47.3 Å². The average molecular weight is 284 g/mol. The van der Waals surface area contributed by atoms with Gasteiger partial charge in [0.15, 0.2) is 0 Å². The zero-order valence-electron chi connectivity index (χ0n) is 12.6. The van der Waals surface area contributed by atoms with Crippen molar-refractivity contribution in [2.45, 2.75) is 27.2 Å². The molecule has 1 aromatic carbocycles. The highest BCUT2D eigenvalue weighted by Gasteiger charge is 2.09. The molecule has 2 rings (SSSR count). The van der Waals surface area contributed by atoms with Gasteiger partial charge in [0.05, 0.1) is 5.56 Å². The van der Waals surface area contributed by atoms with Crippen LogP contribution in [0.2, 0.25) is 0 Å². The Labute approximate surface area is 124 Å². The molecular formula is C16H20N4O. The minimum Gasteiger partial charge on any atom is -0.354 e. The van der Waals surface area contributed by atoms with Crippen molar-refractivity contribution in [3.63, 3.8) is 0 Å². The number of anilines is 2. The number of carbonyl (C=O) groups excluding carboxylic acids is 1. The molecule has 1 amide bonds. The van der Waals surface area contributed by atoms with Gasteiger partial charge >= 0.3 is 0 Å². The molecule has 0 bridgehead atoms. The number of hydrogen-bond donors (Lipinski definition) is 2. The molecule has 0 atom stereocenters. The molecule has 0 fully saturated rings. The third kappa shape index (κ3) is 4.02. The summed E-state index contributed by atoms with van der Waals surface area (Å²) < 4.78 is 0. The second-order valence-corrected chi connectivity index (χ2v) is 4.99. The van der Waals surface area contributed by atoms with E-state index in [2.05, 4.69) is 27.5 Å². The quantitative estimate of drug-likeness (QED) is 0.885. The first-order valence-corrected chi connectivity index (χ1v) is 7.04. The fourth-order valence-electron chi connectivity index (χ4n) is 1.84. The van der Waals surface area contributed by atoms with Crippen molar-refractivity contribution in [1.29, 1.82) is 0 Å². The van der Waals surface area contributed by atoms with Gasteiger partial charge in [0.1, 0.15) is 0 Å². The van der Waals surface area contributed by atoms with Crippen LogP contribution in [0.5, 0.6) is 0 Å². The number of amides is 1. The molecule has 0 unspecified atom stereocenters. The summed E-state index contributed by atoms with van der Waals surface area (Å²) in [5, 5.41) is 5.96. The van der Waals surface area contributed by atoms with Crippen LogP contribution in [0.15, 0.2) is 30.6 Å². The summed E-state index contributed by atoms with van der Waals surface area (Å²) in [6.07, 6.45) is 4.06. The predicted octanol–water partition coefficient (Wildman–Crippen LogP) is 3.17. The van der Waals surface area contributed by atoms with Crippen LogP contribution in [-0.2, 0) is 0 Å². The third-order valence-corrected chi connectivity index (χ3v) is 3.09. The van der Waals surface area contributed by atoms with Gasteiger partial charge in [-0.05, 0) is 37.5 Å². The highest BCUT2D eigenvalue weighted by molar-refractivity contribution is 6.04. The topological polar surface area (TPSA) is 66.9 Å². The van der Waals surface area contributed by atoms with Crippen molar-refractivity contribution in [2.75, 3.05) is 17.2 Å². The van der Waals surface area contributed by atoms with Gasteiger partial charge in [0, 0.05) is 24.6 Å². The van der Waals surface area contributed by atoms with Crippen LogP contribution in [0.3, 0.4) is 0 Å². The Morgan fingerprint density at radius 1 is 1.19 bits per heavy atom. The molecule has 5 heteroatoms. The number of rotatable bonds is 5. The summed E-state index contributed by atoms with van der Waals surface area (Å²) in [4.78, 5) is 20.5. The summed E-state index contributed by atoms with van der Waals surface area (Å²) in [5.74, 6) is 0.339. The van der Waals surface area contributed by atoms with Crippen LogP contribution >= 0.6 is 0 Å². The normalized spacial score (nSPS) is 10.2. The summed E-state index contributed by atoms with van der Waals surface area (Å²) in [5.41, 5.74) is 3.38. The fraction of sp³-hybridized carbons (Fsp3) is 0.312. The van der Waals surface area contributed by atoms with E-state index in [4.69, 9.17) is 0 Å². The Kier molecular flexibility index (Phi) is 4.87. The van der Waals surface area contributed by atoms with Crippen molar-refractivity contribution in [2.24, 2.45) is 0 Å². The highest BCUT2D eigenvalue weighted by Crippen LogP contribution is 2.17. The molecule has 110 valence electrons. The van der Waals surface area contributed by atoms with E-state index in [0.717, 1.165) is 29.8 Å². The second kappa shape index (κ2) is 6.83. The highest BCUT2D eigenvalue weighted by atomic mass is 16.1. The molecule has 1 heterocycles. The molecule has 0 radical (unpaired) electrons. The molecule has 5 nitrogen and oxygen atoms in total. The van der Waals surface area contributed by atoms with E-state index in [-0.39, 0.29) is 5.91 Å². The fourth-order valence-corrected chi connectivity index (χ4v) is 1.84. The Morgan fingerprint density at radius 3 is 2.57 bits per heavy atom. The standard InChI is InChI=1S/C16H20N4O/c1-4-7-17-16-18-9-13(10-19-16)15(21)20-14-8-11(2)5-6-12(14)3/h5-6,8-10H,4,7H2,1-3H3,(H,20,21)(H,17,18,19). The molecule has 0 aliphatic heterocycles. The van der Waals surface area contributed by atoms with Gasteiger partial charge in [-0.15, -0.1) is 0 Å². The molecule has 0 aliphatic carbocycles. The first-order chi connectivity index (χ1) is 10.1. The molecule has 2 N–H and O–H groups in total. The van der Waals surface area contributed by atoms with Crippen LogP contribution in [-0.4, -0.2) is 22.4 Å². The van der Waals surface area contributed by atoms with Crippen LogP contribution in [0.4, 0.5) is 11.6 Å². The number of carbonyl (C=O) groups is 1. The van der Waals surface area contributed by atoms with Crippen molar-refractivity contribution >= 4 is 17.5 Å². The summed E-state index contributed by atoms with van der Waals surface area (Å²) in [7, 11) is 0. The lowest BCUT2D eigenvalue weighted by Crippen LogP contribution is -2.14. The first kappa shape index (κ1) is 15.0. The Balaban J connectivity index is 2.07. The van der Waals surface area contributed by atoms with Gasteiger partial charge < -0.3 is 10.6 Å². The van der Waals surface area contributed by atoms with Gasteiger partial charge in [0.25, 0.3) is 5.91 Å². The van der Waals surface area contributed by atoms with Gasteiger partial charge in [-0.3, -0.25) is 4.79 Å². The minimum atomic E-state index is -0.203. The lowest BCUT2D eigenvalue weighted by molar-refractivity contribution is 0.102. The van der Waals surface area contributed by atoms with Crippen LogP contribution in [0.25, 0.3) is 0 Å². The van der Waals surface area contributed by atoms with Gasteiger partial charge in [-0.25, -0.2) is 9.97 Å². The molecule has 0 saturated heterocycles. The molecule has 0 saturated carbocycles. The Morgan fingerprint density at radius 2 is 1.90 bits per heavy atom. The van der Waals surface area contributed by atoms with Crippen LogP contribution in [0, 0.1) is 13.8 Å². The monoisotopic (exact) mass is 284 g/mol. The Hall–Kier alpha value is -2.43. The number of nitrogens with one attached hydrogen (secondary N) is 2. The van der Waals surface area contributed by atoms with E-state index in [1.165, 1.54) is 12.4 Å². The molecule has 0 spiro atoms. The maximum absolute atomic E-state index is 12.2. The molecule has 0 aliphatic rings. The molecular weight excluding hydrogens is 264 g/mol. The minimum absolute atomic E-state index is 0.203. The first-order valence-electron chi connectivity index (χ1n) is 7.04. The SMILES string of the molecule is CCCNc1ncc(C(=O)Nc2cc(C)ccc2C)cn1. The van der Waals surface area contributed by atoms with E-state index >= 15 is 0 Å². The maximum atomic E-state index is 12.2. The summed E-state index contributed by atoms with van der Waals surface area (Å²) in [6.45, 7) is 6.84. The number of nitrogens with zero attached hydrogens (tertiary/aromatic N) is 2.